The van der Waals surface area contributed by atoms with Crippen molar-refractivity contribution in [3.05, 3.63) is 58.6 Å². The first-order valence-electron chi connectivity index (χ1n) is 7.77. The van der Waals surface area contributed by atoms with Crippen LogP contribution in [0, 0.1) is 0 Å². The van der Waals surface area contributed by atoms with Crippen LogP contribution in [0.2, 0.25) is 5.02 Å². The topological polar surface area (TPSA) is 116 Å². The number of rotatable bonds is 6. The van der Waals surface area contributed by atoms with E-state index in [0.29, 0.717) is 0 Å². The molecule has 2 aromatic carbocycles. The molecule has 148 valence electrons. The lowest BCUT2D eigenvalue weighted by molar-refractivity contribution is -0.123. The van der Waals surface area contributed by atoms with Gasteiger partial charge in [0.15, 0.2) is 16.4 Å². The summed E-state index contributed by atoms with van der Waals surface area (Å²) in [5, 5.41) is 2.03. The molecular formula is C18H16ClNO7S. The predicted octanol–water partition coefficient (Wildman–Crippen LogP) is 1.87. The van der Waals surface area contributed by atoms with Crippen molar-refractivity contribution < 1.29 is 32.3 Å². The quantitative estimate of drug-likeness (QED) is 0.702. The lowest BCUT2D eigenvalue weighted by Crippen LogP contribution is -2.34. The second kappa shape index (κ2) is 8.85. The van der Waals surface area contributed by atoms with Crippen molar-refractivity contribution in [2.75, 3.05) is 20.0 Å². The van der Waals surface area contributed by atoms with Gasteiger partial charge in [0.05, 0.1) is 28.2 Å². The van der Waals surface area contributed by atoms with Crippen LogP contribution in [0.1, 0.15) is 20.7 Å². The maximum absolute atomic E-state index is 12.1. The van der Waals surface area contributed by atoms with E-state index in [2.05, 4.69) is 5.32 Å². The molecule has 8 nitrogen and oxygen atoms in total. The molecule has 2 aromatic rings. The molecule has 0 aliphatic rings. The van der Waals surface area contributed by atoms with Crippen LogP contribution in [0.15, 0.2) is 47.4 Å². The number of methoxy groups -OCH3 is 1. The van der Waals surface area contributed by atoms with Gasteiger partial charge in [0, 0.05) is 6.26 Å². The molecule has 0 atom stereocenters. The van der Waals surface area contributed by atoms with Gasteiger partial charge >= 0.3 is 5.97 Å². The fraction of sp³-hybridized carbons (Fsp3) is 0.167. The van der Waals surface area contributed by atoms with Gasteiger partial charge < -0.3 is 9.47 Å². The molecule has 0 aliphatic carbocycles. The van der Waals surface area contributed by atoms with Crippen molar-refractivity contribution in [2.24, 2.45) is 0 Å². The zero-order chi connectivity index (χ0) is 20.9. The van der Waals surface area contributed by atoms with Crippen LogP contribution in [-0.2, 0) is 19.4 Å². The maximum Gasteiger partial charge on any atom is 0.340 e. The maximum atomic E-state index is 12.1. The van der Waals surface area contributed by atoms with Crippen molar-refractivity contribution in [3.8, 4) is 5.75 Å². The van der Waals surface area contributed by atoms with Gasteiger partial charge in [-0.15, -0.1) is 0 Å². The Morgan fingerprint density at radius 2 is 1.75 bits per heavy atom. The van der Waals surface area contributed by atoms with E-state index in [4.69, 9.17) is 21.1 Å². The fourth-order valence-electron chi connectivity index (χ4n) is 2.16. The summed E-state index contributed by atoms with van der Waals surface area (Å²) in [5.74, 6) is -2.33. The molecule has 10 heteroatoms. The minimum atomic E-state index is -3.56. The molecule has 0 saturated heterocycles. The zero-order valence-electron chi connectivity index (χ0n) is 14.9. The highest BCUT2D eigenvalue weighted by Crippen LogP contribution is 2.21. The van der Waals surface area contributed by atoms with Gasteiger partial charge in [0.25, 0.3) is 11.8 Å². The largest absolute Gasteiger partial charge is 0.496 e. The summed E-state index contributed by atoms with van der Waals surface area (Å²) in [6.45, 7) is -0.765. The van der Waals surface area contributed by atoms with Crippen molar-refractivity contribution in [2.45, 2.75) is 4.90 Å². The number of hydrogen-bond acceptors (Lipinski definition) is 7. The summed E-state index contributed by atoms with van der Waals surface area (Å²) in [6.07, 6.45) is 0.974. The van der Waals surface area contributed by atoms with Gasteiger partial charge in [-0.2, -0.15) is 0 Å². The van der Waals surface area contributed by atoms with Crippen LogP contribution in [0.3, 0.4) is 0 Å². The van der Waals surface area contributed by atoms with Gasteiger partial charge in [-0.05, 0) is 30.3 Å². The number of amides is 2. The summed E-state index contributed by atoms with van der Waals surface area (Å²) in [4.78, 5) is 36.0. The monoisotopic (exact) mass is 425 g/mol. The summed E-state index contributed by atoms with van der Waals surface area (Å²) in [7, 11) is -2.18. The highest BCUT2D eigenvalue weighted by atomic mass is 35.5. The molecule has 0 saturated carbocycles. The van der Waals surface area contributed by atoms with E-state index >= 15 is 0 Å². The van der Waals surface area contributed by atoms with Crippen molar-refractivity contribution in [1.82, 2.24) is 5.32 Å². The minimum Gasteiger partial charge on any atom is -0.496 e. The predicted molar refractivity (Wildman–Crippen MR) is 100 cm³/mol. The lowest BCUT2D eigenvalue weighted by atomic mass is 10.2. The van der Waals surface area contributed by atoms with Crippen molar-refractivity contribution in [1.29, 1.82) is 0 Å². The van der Waals surface area contributed by atoms with E-state index in [0.717, 1.165) is 12.3 Å². The Labute approximate surface area is 166 Å². The van der Waals surface area contributed by atoms with Gasteiger partial charge in [0.2, 0.25) is 0 Å². The minimum absolute atomic E-state index is 0.0390. The number of sulfone groups is 1. The highest BCUT2D eigenvalue weighted by Gasteiger charge is 2.19. The SMILES string of the molecule is COc1ccccc1C(=O)NC(=O)COC(=O)c1cc(S(C)(=O)=O)ccc1Cl. The van der Waals surface area contributed by atoms with E-state index in [1.165, 1.54) is 25.3 Å². The lowest BCUT2D eigenvalue weighted by Gasteiger charge is -2.09. The molecule has 0 fully saturated rings. The van der Waals surface area contributed by atoms with Crippen LogP contribution in [0.25, 0.3) is 0 Å². The molecule has 1 N–H and O–H groups in total. The molecule has 28 heavy (non-hydrogen) atoms. The third-order valence-corrected chi connectivity index (χ3v) is 4.96. The van der Waals surface area contributed by atoms with Crippen LogP contribution in [0.4, 0.5) is 0 Å². The normalized spacial score (nSPS) is 10.8. The van der Waals surface area contributed by atoms with Gasteiger partial charge in [-0.25, -0.2) is 13.2 Å². The number of ether oxygens (including phenoxy) is 2. The molecule has 2 amide bonds. The number of benzene rings is 2. The Morgan fingerprint density at radius 1 is 1.07 bits per heavy atom. The number of carbonyl (C=O) groups excluding carboxylic acids is 3. The third kappa shape index (κ3) is 5.30. The molecule has 0 radical (unpaired) electrons. The Morgan fingerprint density at radius 3 is 2.39 bits per heavy atom. The Bertz CT molecular complexity index is 1030. The number of carbonyl (C=O) groups is 3. The van der Waals surface area contributed by atoms with Gasteiger partial charge in [-0.3, -0.25) is 14.9 Å². The van der Waals surface area contributed by atoms with E-state index in [1.807, 2.05) is 0 Å². The zero-order valence-corrected chi connectivity index (χ0v) is 16.5. The van der Waals surface area contributed by atoms with Crippen LogP contribution in [0.5, 0.6) is 5.75 Å². The van der Waals surface area contributed by atoms with Crippen LogP contribution >= 0.6 is 11.6 Å². The standard InChI is InChI=1S/C18H16ClNO7S/c1-26-15-6-4-3-5-12(15)17(22)20-16(21)10-27-18(23)13-9-11(28(2,24)25)7-8-14(13)19/h3-9H,10H2,1-2H3,(H,20,21,22). The Balaban J connectivity index is 2.03. The molecule has 0 spiro atoms. The third-order valence-electron chi connectivity index (χ3n) is 3.52. The highest BCUT2D eigenvalue weighted by molar-refractivity contribution is 7.90. The second-order valence-electron chi connectivity index (χ2n) is 5.57. The van der Waals surface area contributed by atoms with Crippen molar-refractivity contribution >= 4 is 39.2 Å². The second-order valence-corrected chi connectivity index (χ2v) is 7.99. The molecule has 2 rings (SSSR count). The molecule has 0 bridgehead atoms. The first kappa shape index (κ1) is 21.4. The molecule has 0 aromatic heterocycles. The van der Waals surface area contributed by atoms with Crippen LogP contribution in [-0.4, -0.2) is 46.2 Å². The van der Waals surface area contributed by atoms with Gasteiger partial charge in [0.1, 0.15) is 5.75 Å². The molecule has 0 aliphatic heterocycles. The van der Waals surface area contributed by atoms with E-state index < -0.39 is 34.2 Å². The summed E-state index contributed by atoms with van der Waals surface area (Å²) < 4.78 is 33.0. The van der Waals surface area contributed by atoms with E-state index in [-0.39, 0.29) is 26.8 Å². The van der Waals surface area contributed by atoms with Crippen molar-refractivity contribution in [3.63, 3.8) is 0 Å². The fourth-order valence-corrected chi connectivity index (χ4v) is 3.00. The number of halogens is 1. The number of imide groups is 1. The summed E-state index contributed by atoms with van der Waals surface area (Å²) in [5.41, 5.74) is -0.0815. The van der Waals surface area contributed by atoms with Gasteiger partial charge in [-0.1, -0.05) is 23.7 Å². The average Bonchev–Trinajstić information content (AvgIpc) is 2.65. The molecular weight excluding hydrogens is 410 g/mol. The summed E-state index contributed by atoms with van der Waals surface area (Å²) >= 11 is 5.89. The molecule has 0 unspecified atom stereocenters. The number of nitrogens with one attached hydrogen (secondary N) is 1. The number of esters is 1. The van der Waals surface area contributed by atoms with Crippen LogP contribution < -0.4 is 10.1 Å². The number of hydrogen-bond donors (Lipinski definition) is 1. The number of para-hydroxylation sites is 1. The van der Waals surface area contributed by atoms with E-state index in [9.17, 15) is 22.8 Å². The first-order chi connectivity index (χ1) is 13.1. The average molecular weight is 426 g/mol. The Kier molecular flexibility index (Phi) is 6.76. The van der Waals surface area contributed by atoms with E-state index in [1.54, 1.807) is 18.2 Å². The first-order valence-corrected chi connectivity index (χ1v) is 10.0. The summed E-state index contributed by atoms with van der Waals surface area (Å²) in [6, 6.07) is 9.80. The smallest absolute Gasteiger partial charge is 0.340 e. The Hall–Kier alpha value is -2.91. The molecule has 0 heterocycles.